The van der Waals surface area contributed by atoms with Crippen LogP contribution in [0.1, 0.15) is 51.0 Å². The van der Waals surface area contributed by atoms with Gasteiger partial charge in [-0.1, -0.05) is 25.0 Å². The maximum atomic E-state index is 12.4. The van der Waals surface area contributed by atoms with Gasteiger partial charge >= 0.3 is 0 Å². The molecular weight excluding hydrogens is 507 g/mol. The van der Waals surface area contributed by atoms with Gasteiger partial charge in [-0.05, 0) is 50.3 Å². The maximum Gasteiger partial charge on any atom is 0.227 e. The van der Waals surface area contributed by atoms with Crippen LogP contribution < -0.4 is 16.0 Å². The molecule has 1 saturated carbocycles. The van der Waals surface area contributed by atoms with Crippen molar-refractivity contribution >= 4 is 41.5 Å². The first-order valence-electron chi connectivity index (χ1n) is 11.2. The van der Waals surface area contributed by atoms with Crippen LogP contribution in [0, 0.1) is 11.3 Å². The summed E-state index contributed by atoms with van der Waals surface area (Å²) in [7, 11) is 0. The summed E-state index contributed by atoms with van der Waals surface area (Å²) in [5.74, 6) is 1.04. The van der Waals surface area contributed by atoms with Crippen molar-refractivity contribution in [2.24, 2.45) is 16.3 Å². The van der Waals surface area contributed by atoms with Crippen LogP contribution in [0.5, 0.6) is 0 Å². The minimum Gasteiger partial charge on any atom is -0.396 e. The third kappa shape index (κ3) is 7.91. The van der Waals surface area contributed by atoms with Gasteiger partial charge < -0.3 is 25.8 Å². The van der Waals surface area contributed by atoms with Gasteiger partial charge in [-0.2, -0.15) is 0 Å². The molecule has 3 rings (SSSR count). The van der Waals surface area contributed by atoms with Crippen molar-refractivity contribution in [2.45, 2.75) is 52.0 Å². The van der Waals surface area contributed by atoms with E-state index in [-0.39, 0.29) is 47.8 Å². The number of ether oxygens (including phenoxy) is 1. The predicted molar refractivity (Wildman–Crippen MR) is 135 cm³/mol. The molecule has 0 aromatic heterocycles. The normalized spacial score (nSPS) is 21.5. The highest BCUT2D eigenvalue weighted by atomic mass is 127. The Kier molecular flexibility index (Phi) is 11.0. The number of benzene rings is 1. The molecule has 1 aromatic carbocycles. The number of aliphatic imine (C=N–C) groups is 1. The minimum atomic E-state index is -0.0324. The van der Waals surface area contributed by atoms with Crippen molar-refractivity contribution in [1.29, 1.82) is 0 Å². The van der Waals surface area contributed by atoms with Crippen LogP contribution in [-0.4, -0.2) is 49.9 Å². The largest absolute Gasteiger partial charge is 0.396 e. The molecule has 1 saturated heterocycles. The molecule has 0 radical (unpaired) electrons. The Bertz CT molecular complexity index is 717. The average Bonchev–Trinajstić information content (AvgIpc) is 3.44. The molecule has 31 heavy (non-hydrogen) atoms. The zero-order valence-corrected chi connectivity index (χ0v) is 20.8. The number of halogens is 1. The highest BCUT2D eigenvalue weighted by Crippen LogP contribution is 2.31. The molecule has 1 heterocycles. The van der Waals surface area contributed by atoms with E-state index in [4.69, 9.17) is 9.73 Å². The fourth-order valence-corrected chi connectivity index (χ4v) is 4.27. The van der Waals surface area contributed by atoms with Crippen molar-refractivity contribution in [2.75, 3.05) is 38.2 Å². The zero-order valence-electron chi connectivity index (χ0n) is 18.5. The van der Waals surface area contributed by atoms with E-state index >= 15 is 0 Å². The molecule has 1 aliphatic heterocycles. The number of carbonyl (C=O) groups is 1. The van der Waals surface area contributed by atoms with E-state index in [0.717, 1.165) is 75.4 Å². The molecular formula is C23H37IN4O3. The monoisotopic (exact) mass is 544 g/mol. The van der Waals surface area contributed by atoms with Crippen LogP contribution in [0.25, 0.3) is 0 Å². The lowest BCUT2D eigenvalue weighted by Gasteiger charge is -2.27. The Labute approximate surface area is 202 Å². The minimum absolute atomic E-state index is 0. The number of hydrogen-bond donors (Lipinski definition) is 4. The topological polar surface area (TPSA) is 95.0 Å². The lowest BCUT2D eigenvalue weighted by atomic mass is 9.84. The fourth-order valence-electron chi connectivity index (χ4n) is 4.27. The molecule has 8 heteroatoms. The number of aliphatic hydroxyl groups is 1. The fraction of sp³-hybridized carbons (Fsp3) is 0.652. The Hall–Kier alpha value is -1.39. The molecule has 174 valence electrons. The first-order valence-corrected chi connectivity index (χ1v) is 11.2. The number of nitrogens with zero attached hydrogens (tertiary/aromatic N) is 1. The number of aliphatic hydroxyl groups excluding tert-OH is 1. The van der Waals surface area contributed by atoms with E-state index in [1.807, 2.05) is 31.2 Å². The van der Waals surface area contributed by atoms with Crippen LogP contribution in [-0.2, 0) is 16.1 Å². The van der Waals surface area contributed by atoms with E-state index in [0.29, 0.717) is 13.2 Å². The van der Waals surface area contributed by atoms with Gasteiger partial charge in [0, 0.05) is 43.3 Å². The van der Waals surface area contributed by atoms with Crippen molar-refractivity contribution in [1.82, 2.24) is 10.6 Å². The SMILES string of the molecule is CCNC(=NCc1cccc(NC(=O)C2CCCC2)c1)NCC1(CCO)CCOC1.I. The van der Waals surface area contributed by atoms with E-state index < -0.39 is 0 Å². The molecule has 1 atom stereocenters. The molecule has 1 unspecified atom stereocenters. The van der Waals surface area contributed by atoms with E-state index in [1.54, 1.807) is 0 Å². The molecule has 2 aliphatic rings. The highest BCUT2D eigenvalue weighted by molar-refractivity contribution is 14.0. The summed E-state index contributed by atoms with van der Waals surface area (Å²) in [5, 5.41) is 19.2. The number of hydrogen-bond acceptors (Lipinski definition) is 4. The Morgan fingerprint density at radius 2 is 2.10 bits per heavy atom. The molecule has 7 nitrogen and oxygen atoms in total. The summed E-state index contributed by atoms with van der Waals surface area (Å²) in [6.45, 7) is 5.63. The zero-order chi connectivity index (χ0) is 21.2. The summed E-state index contributed by atoms with van der Waals surface area (Å²) >= 11 is 0. The number of rotatable bonds is 9. The summed E-state index contributed by atoms with van der Waals surface area (Å²) < 4.78 is 5.57. The Morgan fingerprint density at radius 1 is 1.29 bits per heavy atom. The smallest absolute Gasteiger partial charge is 0.227 e. The van der Waals surface area contributed by atoms with Crippen molar-refractivity contribution < 1.29 is 14.6 Å². The van der Waals surface area contributed by atoms with E-state index in [1.165, 1.54) is 0 Å². The molecule has 4 N–H and O–H groups in total. The predicted octanol–water partition coefficient (Wildman–Crippen LogP) is 3.28. The van der Waals surface area contributed by atoms with Gasteiger partial charge in [-0.15, -0.1) is 24.0 Å². The highest BCUT2D eigenvalue weighted by Gasteiger charge is 2.34. The van der Waals surface area contributed by atoms with E-state index in [2.05, 4.69) is 16.0 Å². The van der Waals surface area contributed by atoms with Crippen LogP contribution in [0.15, 0.2) is 29.3 Å². The van der Waals surface area contributed by atoms with Crippen molar-refractivity contribution in [3.05, 3.63) is 29.8 Å². The summed E-state index contributed by atoms with van der Waals surface area (Å²) in [4.78, 5) is 17.1. The standard InChI is InChI=1S/C23H36N4O3.HI/c1-2-24-22(26-16-23(10-12-28)11-13-30-17-23)25-15-18-6-5-9-20(14-18)27-21(29)19-7-3-4-8-19;/h5-6,9,14,19,28H,2-4,7-8,10-13,15-17H2,1H3,(H,27,29)(H2,24,25,26);1H. The molecule has 0 spiro atoms. The second-order valence-electron chi connectivity index (χ2n) is 8.50. The molecule has 0 bridgehead atoms. The van der Waals surface area contributed by atoms with Crippen LogP contribution in [0.2, 0.25) is 0 Å². The summed E-state index contributed by atoms with van der Waals surface area (Å²) in [5.41, 5.74) is 1.85. The second kappa shape index (κ2) is 13.2. The molecule has 1 amide bonds. The third-order valence-electron chi connectivity index (χ3n) is 6.14. The lowest BCUT2D eigenvalue weighted by Crippen LogP contribution is -2.44. The quantitative estimate of drug-likeness (QED) is 0.218. The number of nitrogens with one attached hydrogen (secondary N) is 3. The van der Waals surface area contributed by atoms with Gasteiger partial charge in [0.15, 0.2) is 5.96 Å². The average molecular weight is 544 g/mol. The number of amides is 1. The molecule has 1 aromatic rings. The number of anilines is 1. The summed E-state index contributed by atoms with van der Waals surface area (Å²) in [6.07, 6.45) is 5.97. The number of carbonyl (C=O) groups excluding carboxylic acids is 1. The lowest BCUT2D eigenvalue weighted by molar-refractivity contribution is -0.119. The van der Waals surface area contributed by atoms with Crippen molar-refractivity contribution in [3.8, 4) is 0 Å². The first kappa shape index (κ1) is 25.9. The van der Waals surface area contributed by atoms with Gasteiger partial charge in [-0.25, -0.2) is 4.99 Å². The summed E-state index contributed by atoms with van der Waals surface area (Å²) in [6, 6.07) is 7.91. The maximum absolute atomic E-state index is 12.4. The third-order valence-corrected chi connectivity index (χ3v) is 6.14. The van der Waals surface area contributed by atoms with Gasteiger partial charge in [-0.3, -0.25) is 4.79 Å². The van der Waals surface area contributed by atoms with Gasteiger partial charge in [0.25, 0.3) is 0 Å². The Morgan fingerprint density at radius 3 is 2.77 bits per heavy atom. The van der Waals surface area contributed by atoms with Crippen molar-refractivity contribution in [3.63, 3.8) is 0 Å². The van der Waals surface area contributed by atoms with Gasteiger partial charge in [0.2, 0.25) is 5.91 Å². The second-order valence-corrected chi connectivity index (χ2v) is 8.50. The number of guanidine groups is 1. The molecule has 1 aliphatic carbocycles. The van der Waals surface area contributed by atoms with Crippen LogP contribution in [0.3, 0.4) is 0 Å². The Balaban J connectivity index is 0.00000341. The van der Waals surface area contributed by atoms with E-state index in [9.17, 15) is 9.90 Å². The molecule has 2 fully saturated rings. The van der Waals surface area contributed by atoms with Gasteiger partial charge in [0.1, 0.15) is 0 Å². The van der Waals surface area contributed by atoms with Crippen LogP contribution in [0.4, 0.5) is 5.69 Å². The van der Waals surface area contributed by atoms with Crippen LogP contribution >= 0.6 is 24.0 Å². The first-order chi connectivity index (χ1) is 14.6. The van der Waals surface area contributed by atoms with Gasteiger partial charge in [0.05, 0.1) is 13.2 Å².